The molecule has 2 fully saturated rings. The Morgan fingerprint density at radius 1 is 1.14 bits per heavy atom. The molecule has 2 aromatic carbocycles. The van der Waals surface area contributed by atoms with Crippen molar-refractivity contribution in [1.82, 2.24) is 15.8 Å². The Hall–Kier alpha value is -3.60. The fourth-order valence-electron chi connectivity index (χ4n) is 5.69. The lowest BCUT2D eigenvalue weighted by atomic mass is 10.0. The second-order valence-corrected chi connectivity index (χ2v) is 9.77. The number of fused-ring (bicyclic) bond motifs is 3. The van der Waals surface area contributed by atoms with Crippen molar-refractivity contribution in [2.75, 3.05) is 56.7 Å². The van der Waals surface area contributed by atoms with Gasteiger partial charge in [-0.3, -0.25) is 10.2 Å². The molecule has 1 unspecified atom stereocenters. The highest BCUT2D eigenvalue weighted by Gasteiger charge is 2.42. The monoisotopic (exact) mass is 501 g/mol. The normalized spacial score (nSPS) is 22.9. The van der Waals surface area contributed by atoms with Gasteiger partial charge in [0, 0.05) is 51.1 Å². The number of nitrogens with one attached hydrogen (secondary N) is 3. The number of carbonyl (C=O) groups excluding carboxylic acids is 2. The van der Waals surface area contributed by atoms with Crippen LogP contribution in [0.3, 0.4) is 0 Å². The van der Waals surface area contributed by atoms with E-state index in [4.69, 9.17) is 4.74 Å². The number of methoxy groups -OCH3 is 1. The number of hydrazine groups is 1. The predicted molar refractivity (Wildman–Crippen MR) is 141 cm³/mol. The first kappa shape index (κ1) is 23.8. The number of anilines is 2. The number of Topliss-reactive ketones (excluding diaryl/α,β-unsaturated/α-hetero) is 1. The summed E-state index contributed by atoms with van der Waals surface area (Å²) in [5.74, 6) is -0.138. The first-order chi connectivity index (χ1) is 18.1. The number of rotatable bonds is 6. The van der Waals surface area contributed by atoms with Crippen LogP contribution in [0.4, 0.5) is 16.2 Å². The molecule has 10 nitrogen and oxygen atoms in total. The van der Waals surface area contributed by atoms with E-state index in [1.165, 1.54) is 0 Å². The molecule has 2 aromatic rings. The highest BCUT2D eigenvalue weighted by Crippen LogP contribution is 2.49. The number of carbonyl (C=O) groups is 2. The average Bonchev–Trinajstić information content (AvgIpc) is 3.62. The molecule has 3 N–H and O–H groups in total. The standard InChI is InChI=1S/C27H31N7O3/c1-37-16-19-4-3-13-34(19)32-27(36)29-21-6-2-5-20-22(21)26(35)23-24(30-31-25(20)23)17-7-9-18(10-8-17)33-14-11-28-12-15-33/h2,5-10,19,25,28H,3-4,11-16H2,1H3,(H2,29,32,36)/t19-,25?/m0/s1. The van der Waals surface area contributed by atoms with Crippen molar-refractivity contribution >= 4 is 28.9 Å². The fraction of sp³-hybridized carbons (Fsp3) is 0.407. The molecule has 4 aliphatic rings. The van der Waals surface area contributed by atoms with Gasteiger partial charge in [-0.05, 0) is 36.6 Å². The van der Waals surface area contributed by atoms with Gasteiger partial charge in [0.2, 0.25) is 0 Å². The number of hydrogen-bond donors (Lipinski definition) is 3. The first-order valence-electron chi connectivity index (χ1n) is 12.9. The zero-order valence-corrected chi connectivity index (χ0v) is 20.9. The summed E-state index contributed by atoms with van der Waals surface area (Å²) in [6, 6.07) is 13.0. The van der Waals surface area contributed by atoms with Crippen LogP contribution in [0.2, 0.25) is 0 Å². The summed E-state index contributed by atoms with van der Waals surface area (Å²) in [5, 5.41) is 17.0. The molecule has 1 aliphatic carbocycles. The summed E-state index contributed by atoms with van der Waals surface area (Å²) in [4.78, 5) is 28.9. The molecule has 6 rings (SSSR count). The Kier molecular flexibility index (Phi) is 6.45. The van der Waals surface area contributed by atoms with Crippen LogP contribution in [0.25, 0.3) is 5.70 Å². The van der Waals surface area contributed by atoms with Gasteiger partial charge in [0.15, 0.2) is 5.78 Å². The molecular weight excluding hydrogens is 470 g/mol. The summed E-state index contributed by atoms with van der Waals surface area (Å²) in [7, 11) is 1.66. The van der Waals surface area contributed by atoms with E-state index in [1.54, 1.807) is 13.2 Å². The Morgan fingerprint density at radius 2 is 1.95 bits per heavy atom. The first-order valence-corrected chi connectivity index (χ1v) is 12.9. The number of urea groups is 1. The second-order valence-electron chi connectivity index (χ2n) is 9.77. The number of azo groups is 1. The molecule has 0 radical (unpaired) electrons. The van der Waals surface area contributed by atoms with Gasteiger partial charge >= 0.3 is 6.03 Å². The minimum atomic E-state index is -0.445. The maximum Gasteiger partial charge on any atom is 0.333 e. The number of ether oxygens (including phenoxy) is 1. The highest BCUT2D eigenvalue weighted by molar-refractivity contribution is 6.22. The van der Waals surface area contributed by atoms with Crippen LogP contribution in [0.1, 0.15) is 40.4 Å². The minimum Gasteiger partial charge on any atom is -0.383 e. The third-order valence-electron chi connectivity index (χ3n) is 7.52. The lowest BCUT2D eigenvalue weighted by Crippen LogP contribution is -2.48. The zero-order valence-electron chi connectivity index (χ0n) is 20.9. The number of amides is 2. The summed E-state index contributed by atoms with van der Waals surface area (Å²) in [6.07, 6.45) is 1.96. The number of nitrogens with zero attached hydrogens (tertiary/aromatic N) is 4. The van der Waals surface area contributed by atoms with E-state index < -0.39 is 6.04 Å². The number of hydrogen-bond acceptors (Lipinski definition) is 8. The molecule has 3 heterocycles. The number of piperazine rings is 1. The van der Waals surface area contributed by atoms with Crippen molar-refractivity contribution in [3.05, 3.63) is 64.7 Å². The maximum atomic E-state index is 13.7. The molecule has 192 valence electrons. The molecule has 2 amide bonds. The SMILES string of the molecule is COC[C@@H]1CCCN1NC(=O)Nc1cccc2c1C(=O)C1=C(c3ccc(N4CCNCC4)cc3)N=NC12. The third-order valence-corrected chi connectivity index (χ3v) is 7.52. The molecule has 37 heavy (non-hydrogen) atoms. The molecule has 0 spiro atoms. The third kappa shape index (κ3) is 4.41. The lowest BCUT2D eigenvalue weighted by Gasteiger charge is -2.29. The van der Waals surface area contributed by atoms with E-state index in [1.807, 2.05) is 29.3 Å². The van der Waals surface area contributed by atoms with Crippen LogP contribution in [0, 0.1) is 0 Å². The highest BCUT2D eigenvalue weighted by atomic mass is 16.5. The molecule has 10 heteroatoms. The second kappa shape index (κ2) is 10.0. The van der Waals surface area contributed by atoms with Gasteiger partial charge in [0.1, 0.15) is 11.7 Å². The van der Waals surface area contributed by atoms with E-state index in [0.717, 1.165) is 62.4 Å². The largest absolute Gasteiger partial charge is 0.383 e. The van der Waals surface area contributed by atoms with E-state index in [-0.39, 0.29) is 17.9 Å². The van der Waals surface area contributed by atoms with Gasteiger partial charge in [0.25, 0.3) is 0 Å². The Bertz CT molecular complexity index is 1270. The number of benzene rings is 2. The van der Waals surface area contributed by atoms with Crippen molar-refractivity contribution < 1.29 is 14.3 Å². The zero-order chi connectivity index (χ0) is 25.4. The Balaban J connectivity index is 1.22. The topological polar surface area (TPSA) is 111 Å². The van der Waals surface area contributed by atoms with Crippen molar-refractivity contribution in [3.8, 4) is 0 Å². The van der Waals surface area contributed by atoms with Gasteiger partial charge in [0.05, 0.1) is 29.5 Å². The number of ketones is 1. The van der Waals surface area contributed by atoms with E-state index >= 15 is 0 Å². The van der Waals surface area contributed by atoms with Crippen LogP contribution in [-0.2, 0) is 4.74 Å². The molecule has 3 aliphatic heterocycles. The average molecular weight is 502 g/mol. The lowest BCUT2D eigenvalue weighted by molar-refractivity contribution is 0.0930. The van der Waals surface area contributed by atoms with Crippen molar-refractivity contribution in [3.63, 3.8) is 0 Å². The van der Waals surface area contributed by atoms with Gasteiger partial charge in [-0.1, -0.05) is 24.3 Å². The fourth-order valence-corrected chi connectivity index (χ4v) is 5.69. The summed E-state index contributed by atoms with van der Waals surface area (Å²) in [6.45, 7) is 5.20. The molecule has 2 atom stereocenters. The summed E-state index contributed by atoms with van der Waals surface area (Å²) >= 11 is 0. The molecule has 0 saturated carbocycles. The summed E-state index contributed by atoms with van der Waals surface area (Å²) < 4.78 is 5.27. The van der Waals surface area contributed by atoms with Crippen LogP contribution >= 0.6 is 0 Å². The Labute approximate surface area is 215 Å². The van der Waals surface area contributed by atoms with Crippen molar-refractivity contribution in [2.24, 2.45) is 10.2 Å². The van der Waals surface area contributed by atoms with Crippen LogP contribution in [0.15, 0.2) is 58.3 Å². The van der Waals surface area contributed by atoms with Crippen LogP contribution in [-0.4, -0.2) is 69.3 Å². The van der Waals surface area contributed by atoms with E-state index in [2.05, 4.69) is 43.3 Å². The van der Waals surface area contributed by atoms with Gasteiger partial charge in [-0.25, -0.2) is 9.80 Å². The maximum absolute atomic E-state index is 13.7. The predicted octanol–water partition coefficient (Wildman–Crippen LogP) is 3.36. The quantitative estimate of drug-likeness (QED) is 0.560. The molecular formula is C27H31N7O3. The molecule has 0 aromatic heterocycles. The smallest absolute Gasteiger partial charge is 0.333 e. The molecule has 2 saturated heterocycles. The van der Waals surface area contributed by atoms with Crippen molar-refractivity contribution in [2.45, 2.75) is 24.9 Å². The van der Waals surface area contributed by atoms with Gasteiger partial charge < -0.3 is 20.3 Å². The van der Waals surface area contributed by atoms with E-state index in [9.17, 15) is 9.59 Å². The minimum absolute atomic E-state index is 0.138. The van der Waals surface area contributed by atoms with Crippen LogP contribution in [0.5, 0.6) is 0 Å². The van der Waals surface area contributed by atoms with Gasteiger partial charge in [-0.15, -0.1) is 0 Å². The van der Waals surface area contributed by atoms with Crippen molar-refractivity contribution in [1.29, 1.82) is 0 Å². The van der Waals surface area contributed by atoms with Gasteiger partial charge in [-0.2, -0.15) is 10.2 Å². The Morgan fingerprint density at radius 3 is 2.73 bits per heavy atom. The van der Waals surface area contributed by atoms with E-state index in [0.29, 0.717) is 29.1 Å². The molecule has 0 bridgehead atoms. The summed E-state index contributed by atoms with van der Waals surface area (Å²) in [5.41, 5.74) is 7.85. The van der Waals surface area contributed by atoms with Crippen LogP contribution < -0.4 is 21.0 Å².